The van der Waals surface area contributed by atoms with E-state index >= 15 is 0 Å². The predicted octanol–water partition coefficient (Wildman–Crippen LogP) is 3.40. The Morgan fingerprint density at radius 2 is 2.28 bits per heavy atom. The first-order valence-electron chi connectivity index (χ1n) is 8.42. The third-order valence-electron chi connectivity index (χ3n) is 4.92. The lowest BCUT2D eigenvalue weighted by Crippen LogP contribution is -2.55. The second kappa shape index (κ2) is 7.00. The van der Waals surface area contributed by atoms with Crippen LogP contribution < -0.4 is 5.32 Å². The highest BCUT2D eigenvalue weighted by atomic mass is 32.1. The van der Waals surface area contributed by atoms with Crippen LogP contribution in [0, 0.1) is 12.8 Å². The van der Waals surface area contributed by atoms with E-state index in [9.17, 15) is 14.7 Å². The summed E-state index contributed by atoms with van der Waals surface area (Å²) < 4.78 is 5.66. The molecule has 134 valence electrons. The Balaban J connectivity index is 1.71. The number of nitrogens with one attached hydrogen (secondary N) is 1. The summed E-state index contributed by atoms with van der Waals surface area (Å²) in [5.74, 6) is -0.498. The third kappa shape index (κ3) is 3.76. The molecule has 1 amide bonds. The van der Waals surface area contributed by atoms with Crippen molar-refractivity contribution in [1.82, 2.24) is 10.3 Å². The van der Waals surface area contributed by atoms with Gasteiger partial charge in [0.15, 0.2) is 0 Å². The van der Waals surface area contributed by atoms with E-state index in [1.54, 1.807) is 18.3 Å². The first kappa shape index (κ1) is 17.7. The first-order valence-corrected chi connectivity index (χ1v) is 9.36. The summed E-state index contributed by atoms with van der Waals surface area (Å²) in [4.78, 5) is 28.5. The number of aromatic nitrogens is 1. The maximum absolute atomic E-state index is 12.5. The van der Waals surface area contributed by atoms with Gasteiger partial charge in [0.2, 0.25) is 11.8 Å². The van der Waals surface area contributed by atoms with Gasteiger partial charge in [-0.05, 0) is 38.1 Å². The molecule has 0 saturated heterocycles. The summed E-state index contributed by atoms with van der Waals surface area (Å²) in [6.45, 7) is 3.61. The number of carboxylic acids is 1. The molecule has 1 aliphatic carbocycles. The number of aliphatic carboxylic acids is 1. The van der Waals surface area contributed by atoms with Crippen LogP contribution in [0.2, 0.25) is 0 Å². The summed E-state index contributed by atoms with van der Waals surface area (Å²) in [6.07, 6.45) is 3.16. The molecule has 2 unspecified atom stereocenters. The van der Waals surface area contributed by atoms with Crippen molar-refractivity contribution in [2.24, 2.45) is 5.92 Å². The van der Waals surface area contributed by atoms with E-state index in [4.69, 9.17) is 4.42 Å². The molecular formula is C18H22N2O4S. The zero-order chi connectivity index (χ0) is 18.0. The Labute approximate surface area is 150 Å². The number of hydrogen-bond acceptors (Lipinski definition) is 5. The molecule has 0 bridgehead atoms. The summed E-state index contributed by atoms with van der Waals surface area (Å²) in [7, 11) is 0. The quantitative estimate of drug-likeness (QED) is 0.850. The molecular weight excluding hydrogens is 340 g/mol. The molecule has 25 heavy (non-hydrogen) atoms. The molecule has 1 aliphatic rings. The summed E-state index contributed by atoms with van der Waals surface area (Å²) in [5.41, 5.74) is 0.768. The average Bonchev–Trinajstić information content (AvgIpc) is 3.17. The normalized spacial score (nSPS) is 23.4. The number of carbonyl (C=O) groups excluding carboxylic acids is 1. The highest BCUT2D eigenvalue weighted by Gasteiger charge is 2.42. The molecule has 2 heterocycles. The number of rotatable bonds is 5. The number of oxazole rings is 1. The fourth-order valence-electron chi connectivity index (χ4n) is 3.50. The number of aryl methyl sites for hydroxylation is 1. The lowest BCUT2D eigenvalue weighted by molar-refractivity contribution is -0.146. The molecule has 0 spiro atoms. The predicted molar refractivity (Wildman–Crippen MR) is 94.4 cm³/mol. The van der Waals surface area contributed by atoms with Crippen molar-refractivity contribution >= 4 is 23.2 Å². The van der Waals surface area contributed by atoms with Gasteiger partial charge in [0.25, 0.3) is 0 Å². The van der Waals surface area contributed by atoms with Crippen molar-refractivity contribution < 1.29 is 19.1 Å². The van der Waals surface area contributed by atoms with Crippen molar-refractivity contribution in [2.45, 2.75) is 51.5 Å². The molecule has 3 rings (SSSR count). The fourth-order valence-corrected chi connectivity index (χ4v) is 4.13. The van der Waals surface area contributed by atoms with Crippen LogP contribution >= 0.6 is 11.3 Å². The minimum absolute atomic E-state index is 0.0847. The Hall–Kier alpha value is -2.15. The largest absolute Gasteiger partial charge is 0.481 e. The standard InChI is InChI=1S/C18H22N2O4S/c1-11-14(19-16(24-11)12-6-8-25-10-12)9-15(21)20-18(2)7-4-3-5-13(18)17(22)23/h6,8,10,13H,3-5,7,9H2,1-2H3,(H,20,21)(H,22,23). The van der Waals surface area contributed by atoms with Crippen LogP contribution in [-0.2, 0) is 16.0 Å². The van der Waals surface area contributed by atoms with Gasteiger partial charge in [-0.1, -0.05) is 12.8 Å². The summed E-state index contributed by atoms with van der Waals surface area (Å²) in [6, 6.07) is 1.92. The molecule has 2 aromatic rings. The van der Waals surface area contributed by atoms with Crippen molar-refractivity contribution in [2.75, 3.05) is 0 Å². The average molecular weight is 362 g/mol. The van der Waals surface area contributed by atoms with Gasteiger partial charge in [0.05, 0.1) is 23.6 Å². The fraction of sp³-hybridized carbons (Fsp3) is 0.500. The number of carbonyl (C=O) groups is 2. The first-order chi connectivity index (χ1) is 11.9. The molecule has 7 heteroatoms. The number of carboxylic acid groups (broad SMARTS) is 1. The number of thiophene rings is 1. The van der Waals surface area contributed by atoms with Crippen LogP contribution in [0.25, 0.3) is 11.5 Å². The monoisotopic (exact) mass is 362 g/mol. The molecule has 2 atom stereocenters. The summed E-state index contributed by atoms with van der Waals surface area (Å²) >= 11 is 1.55. The van der Waals surface area contributed by atoms with E-state index in [0.29, 0.717) is 30.2 Å². The molecule has 0 radical (unpaired) electrons. The zero-order valence-corrected chi connectivity index (χ0v) is 15.2. The van der Waals surface area contributed by atoms with Crippen molar-refractivity contribution in [1.29, 1.82) is 0 Å². The van der Waals surface area contributed by atoms with Crippen molar-refractivity contribution in [3.63, 3.8) is 0 Å². The zero-order valence-electron chi connectivity index (χ0n) is 14.4. The van der Waals surface area contributed by atoms with Gasteiger partial charge in [-0.3, -0.25) is 9.59 Å². The molecule has 6 nitrogen and oxygen atoms in total. The maximum Gasteiger partial charge on any atom is 0.308 e. The molecule has 1 saturated carbocycles. The van der Waals surface area contributed by atoms with Gasteiger partial charge in [0.1, 0.15) is 5.76 Å². The van der Waals surface area contributed by atoms with Crippen LogP contribution in [0.3, 0.4) is 0 Å². The minimum Gasteiger partial charge on any atom is -0.481 e. The number of nitrogens with zero attached hydrogens (tertiary/aromatic N) is 1. The number of amides is 1. The SMILES string of the molecule is Cc1oc(-c2ccsc2)nc1CC(=O)NC1(C)CCCCC1C(=O)O. The van der Waals surface area contributed by atoms with E-state index in [-0.39, 0.29) is 12.3 Å². The second-order valence-electron chi connectivity index (χ2n) is 6.81. The smallest absolute Gasteiger partial charge is 0.308 e. The molecule has 1 fully saturated rings. The highest BCUT2D eigenvalue weighted by molar-refractivity contribution is 7.08. The van der Waals surface area contributed by atoms with Crippen LogP contribution in [0.1, 0.15) is 44.1 Å². The van der Waals surface area contributed by atoms with E-state index < -0.39 is 17.4 Å². The molecule has 2 aromatic heterocycles. The summed E-state index contributed by atoms with van der Waals surface area (Å²) in [5, 5.41) is 16.3. The van der Waals surface area contributed by atoms with E-state index in [1.165, 1.54) is 0 Å². The third-order valence-corrected chi connectivity index (χ3v) is 5.60. The van der Waals surface area contributed by atoms with Crippen molar-refractivity contribution in [3.05, 3.63) is 28.3 Å². The van der Waals surface area contributed by atoms with Crippen molar-refractivity contribution in [3.8, 4) is 11.5 Å². The highest BCUT2D eigenvalue weighted by Crippen LogP contribution is 2.34. The van der Waals surface area contributed by atoms with Crippen LogP contribution in [-0.4, -0.2) is 27.5 Å². The van der Waals surface area contributed by atoms with Crippen LogP contribution in [0.5, 0.6) is 0 Å². The lowest BCUT2D eigenvalue weighted by atomic mass is 9.74. The minimum atomic E-state index is -0.847. The van der Waals surface area contributed by atoms with E-state index in [0.717, 1.165) is 18.4 Å². The molecule has 0 aromatic carbocycles. The molecule has 2 N–H and O–H groups in total. The molecule has 0 aliphatic heterocycles. The Morgan fingerprint density at radius 1 is 1.48 bits per heavy atom. The van der Waals surface area contributed by atoms with Gasteiger partial charge in [-0.25, -0.2) is 4.98 Å². The van der Waals surface area contributed by atoms with Gasteiger partial charge < -0.3 is 14.8 Å². The van der Waals surface area contributed by atoms with E-state index in [2.05, 4.69) is 10.3 Å². The Kier molecular flexibility index (Phi) is 4.94. The Morgan fingerprint density at radius 3 is 2.96 bits per heavy atom. The van der Waals surface area contributed by atoms with Gasteiger partial charge >= 0.3 is 5.97 Å². The van der Waals surface area contributed by atoms with Gasteiger partial charge in [-0.2, -0.15) is 11.3 Å². The van der Waals surface area contributed by atoms with Crippen LogP contribution in [0.4, 0.5) is 0 Å². The Bertz CT molecular complexity index is 768. The van der Waals surface area contributed by atoms with Crippen LogP contribution in [0.15, 0.2) is 21.2 Å². The van der Waals surface area contributed by atoms with Gasteiger partial charge in [0, 0.05) is 10.9 Å². The van der Waals surface area contributed by atoms with E-state index in [1.807, 2.05) is 23.8 Å². The second-order valence-corrected chi connectivity index (χ2v) is 7.59. The maximum atomic E-state index is 12.5. The lowest BCUT2D eigenvalue weighted by Gasteiger charge is -2.39. The van der Waals surface area contributed by atoms with Gasteiger partial charge in [-0.15, -0.1) is 0 Å². The number of hydrogen-bond donors (Lipinski definition) is 2. The topological polar surface area (TPSA) is 92.4 Å².